The predicted molar refractivity (Wildman–Crippen MR) is 68.8 cm³/mol. The number of aliphatic hydroxyl groups is 1. The van der Waals surface area contributed by atoms with Crippen LogP contribution in [0.1, 0.15) is 52.4 Å². The van der Waals surface area contributed by atoms with Gasteiger partial charge in [-0.05, 0) is 25.7 Å². The number of aliphatic hydroxyl groups excluding tert-OH is 1. The molecule has 0 aliphatic heterocycles. The second kappa shape index (κ2) is 6.97. The zero-order chi connectivity index (χ0) is 12.7. The van der Waals surface area contributed by atoms with Crippen molar-refractivity contribution in [2.45, 2.75) is 64.0 Å². The average molecular weight is 242 g/mol. The Kier molecular flexibility index (Phi) is 5.92. The van der Waals surface area contributed by atoms with Gasteiger partial charge in [-0.25, -0.2) is 0 Å². The van der Waals surface area contributed by atoms with Crippen molar-refractivity contribution in [1.82, 2.24) is 10.6 Å². The molecule has 3 N–H and O–H groups in total. The summed E-state index contributed by atoms with van der Waals surface area (Å²) in [6.07, 6.45) is 6.41. The topological polar surface area (TPSA) is 61.4 Å². The van der Waals surface area contributed by atoms with Gasteiger partial charge in [-0.2, -0.15) is 0 Å². The van der Waals surface area contributed by atoms with E-state index in [0.717, 1.165) is 12.8 Å². The molecular formula is C13H26N2O2. The molecule has 0 aromatic heterocycles. The molecule has 4 nitrogen and oxygen atoms in total. The van der Waals surface area contributed by atoms with E-state index in [-0.39, 0.29) is 12.5 Å². The quantitative estimate of drug-likeness (QED) is 0.628. The predicted octanol–water partition coefficient (Wildman–Crippen LogP) is 1.19. The molecule has 0 unspecified atom stereocenters. The lowest BCUT2D eigenvalue weighted by atomic mass is 9.94. The minimum atomic E-state index is -0.436. The molecule has 17 heavy (non-hydrogen) atoms. The monoisotopic (exact) mass is 242 g/mol. The molecule has 0 saturated heterocycles. The van der Waals surface area contributed by atoms with Crippen LogP contribution in [0, 0.1) is 0 Å². The first-order valence-corrected chi connectivity index (χ1v) is 6.81. The number of nitrogens with one attached hydrogen (secondary N) is 2. The smallest absolute Gasteiger partial charge is 0.234 e. The maximum Gasteiger partial charge on any atom is 0.234 e. The zero-order valence-corrected chi connectivity index (χ0v) is 11.1. The Morgan fingerprint density at radius 1 is 1.29 bits per heavy atom. The van der Waals surface area contributed by atoms with Crippen LogP contribution in [0.5, 0.6) is 0 Å². The van der Waals surface area contributed by atoms with Gasteiger partial charge in [0.25, 0.3) is 0 Å². The summed E-state index contributed by atoms with van der Waals surface area (Å²) in [6.45, 7) is 4.36. The van der Waals surface area contributed by atoms with E-state index < -0.39 is 5.54 Å². The van der Waals surface area contributed by atoms with Gasteiger partial charge >= 0.3 is 0 Å². The minimum Gasteiger partial charge on any atom is -0.394 e. The van der Waals surface area contributed by atoms with Crippen LogP contribution in [0.15, 0.2) is 0 Å². The second-order valence-electron chi connectivity index (χ2n) is 5.06. The normalized spacial score (nSPS) is 17.4. The Morgan fingerprint density at radius 2 is 1.88 bits per heavy atom. The van der Waals surface area contributed by atoms with Gasteiger partial charge in [-0.1, -0.05) is 26.7 Å². The van der Waals surface area contributed by atoms with Gasteiger partial charge in [0.2, 0.25) is 5.91 Å². The van der Waals surface area contributed by atoms with Gasteiger partial charge in [0.1, 0.15) is 0 Å². The van der Waals surface area contributed by atoms with Crippen LogP contribution in [0.25, 0.3) is 0 Å². The van der Waals surface area contributed by atoms with Crippen LogP contribution in [-0.2, 0) is 4.79 Å². The van der Waals surface area contributed by atoms with E-state index in [1.54, 1.807) is 0 Å². The van der Waals surface area contributed by atoms with Gasteiger partial charge < -0.3 is 15.7 Å². The largest absolute Gasteiger partial charge is 0.394 e. The fourth-order valence-corrected chi connectivity index (χ4v) is 2.40. The summed E-state index contributed by atoms with van der Waals surface area (Å²) in [5.41, 5.74) is -0.436. The Hall–Kier alpha value is -0.610. The van der Waals surface area contributed by atoms with Gasteiger partial charge in [0.05, 0.1) is 18.7 Å². The van der Waals surface area contributed by atoms with Crippen LogP contribution in [0.3, 0.4) is 0 Å². The van der Waals surface area contributed by atoms with E-state index in [4.69, 9.17) is 0 Å². The molecule has 0 aromatic rings. The number of carbonyl (C=O) groups excluding carboxylic acids is 1. The number of hydrogen-bond acceptors (Lipinski definition) is 3. The SMILES string of the molecule is CCC(CC)(CO)NC(=O)CNC1CCCC1. The van der Waals surface area contributed by atoms with Crippen LogP contribution in [0.2, 0.25) is 0 Å². The van der Waals surface area contributed by atoms with Crippen molar-refractivity contribution in [3.8, 4) is 0 Å². The van der Waals surface area contributed by atoms with Crippen LogP contribution in [-0.4, -0.2) is 35.7 Å². The molecular weight excluding hydrogens is 216 g/mol. The molecule has 1 amide bonds. The number of carbonyl (C=O) groups is 1. The van der Waals surface area contributed by atoms with Crippen molar-refractivity contribution in [3.05, 3.63) is 0 Å². The van der Waals surface area contributed by atoms with Crippen LogP contribution in [0.4, 0.5) is 0 Å². The van der Waals surface area contributed by atoms with Crippen molar-refractivity contribution in [3.63, 3.8) is 0 Å². The van der Waals surface area contributed by atoms with Gasteiger partial charge in [-0.3, -0.25) is 4.79 Å². The average Bonchev–Trinajstić information content (AvgIpc) is 2.87. The van der Waals surface area contributed by atoms with Crippen molar-refractivity contribution >= 4 is 5.91 Å². The van der Waals surface area contributed by atoms with E-state index in [1.807, 2.05) is 13.8 Å². The molecule has 100 valence electrons. The number of rotatable bonds is 7. The maximum absolute atomic E-state index is 11.8. The molecule has 0 heterocycles. The van der Waals surface area contributed by atoms with Crippen molar-refractivity contribution < 1.29 is 9.90 Å². The minimum absolute atomic E-state index is 0.00495. The Labute approximate surface area is 104 Å². The first-order chi connectivity index (χ1) is 8.15. The molecule has 0 bridgehead atoms. The zero-order valence-electron chi connectivity index (χ0n) is 11.1. The van der Waals surface area contributed by atoms with Gasteiger partial charge in [0, 0.05) is 6.04 Å². The highest BCUT2D eigenvalue weighted by molar-refractivity contribution is 5.78. The Morgan fingerprint density at radius 3 is 2.35 bits per heavy atom. The van der Waals surface area contributed by atoms with Crippen molar-refractivity contribution in [2.24, 2.45) is 0 Å². The third-order valence-electron chi connectivity index (χ3n) is 3.97. The summed E-state index contributed by atoms with van der Waals surface area (Å²) in [6, 6.07) is 0.507. The number of amides is 1. The lowest BCUT2D eigenvalue weighted by Crippen LogP contribution is -2.53. The van der Waals surface area contributed by atoms with Gasteiger partial charge in [-0.15, -0.1) is 0 Å². The van der Waals surface area contributed by atoms with Crippen molar-refractivity contribution in [2.75, 3.05) is 13.2 Å². The summed E-state index contributed by atoms with van der Waals surface area (Å²) in [7, 11) is 0. The highest BCUT2D eigenvalue weighted by atomic mass is 16.3. The molecule has 4 heteroatoms. The third-order valence-corrected chi connectivity index (χ3v) is 3.97. The standard InChI is InChI=1S/C13H26N2O2/c1-3-13(4-2,10-16)15-12(17)9-14-11-7-5-6-8-11/h11,14,16H,3-10H2,1-2H3,(H,15,17). The molecule has 1 fully saturated rings. The van der Waals surface area contributed by atoms with E-state index >= 15 is 0 Å². The molecule has 1 aliphatic carbocycles. The first-order valence-electron chi connectivity index (χ1n) is 6.81. The lowest BCUT2D eigenvalue weighted by molar-refractivity contribution is -0.123. The highest BCUT2D eigenvalue weighted by Gasteiger charge is 2.27. The Bertz CT molecular complexity index is 225. The molecule has 0 spiro atoms. The maximum atomic E-state index is 11.8. The second-order valence-corrected chi connectivity index (χ2v) is 5.06. The summed E-state index contributed by atoms with van der Waals surface area (Å²) in [4.78, 5) is 11.8. The molecule has 1 saturated carbocycles. The molecule has 1 rings (SSSR count). The summed E-state index contributed by atoms with van der Waals surface area (Å²) in [5.74, 6) is -0.00495. The Balaban J connectivity index is 2.31. The number of hydrogen-bond donors (Lipinski definition) is 3. The molecule has 0 aromatic carbocycles. The summed E-state index contributed by atoms with van der Waals surface area (Å²) >= 11 is 0. The van der Waals surface area contributed by atoms with Gasteiger partial charge in [0.15, 0.2) is 0 Å². The molecule has 0 radical (unpaired) electrons. The third kappa shape index (κ3) is 4.28. The van der Waals surface area contributed by atoms with Crippen LogP contribution < -0.4 is 10.6 Å². The first kappa shape index (κ1) is 14.5. The fraction of sp³-hybridized carbons (Fsp3) is 0.923. The van der Waals surface area contributed by atoms with Crippen LogP contribution >= 0.6 is 0 Å². The molecule has 1 aliphatic rings. The van der Waals surface area contributed by atoms with E-state index in [1.165, 1.54) is 25.7 Å². The summed E-state index contributed by atoms with van der Waals surface area (Å²) < 4.78 is 0. The lowest BCUT2D eigenvalue weighted by Gasteiger charge is -2.31. The van der Waals surface area contributed by atoms with E-state index in [9.17, 15) is 9.90 Å². The van der Waals surface area contributed by atoms with E-state index in [0.29, 0.717) is 12.6 Å². The van der Waals surface area contributed by atoms with E-state index in [2.05, 4.69) is 10.6 Å². The highest BCUT2D eigenvalue weighted by Crippen LogP contribution is 2.17. The molecule has 0 atom stereocenters. The van der Waals surface area contributed by atoms with Crippen molar-refractivity contribution in [1.29, 1.82) is 0 Å². The fourth-order valence-electron chi connectivity index (χ4n) is 2.40. The summed E-state index contributed by atoms with van der Waals surface area (Å²) in [5, 5.41) is 15.6.